The van der Waals surface area contributed by atoms with Gasteiger partial charge < -0.3 is 9.88 Å². The van der Waals surface area contributed by atoms with Crippen molar-refractivity contribution in [3.63, 3.8) is 0 Å². The summed E-state index contributed by atoms with van der Waals surface area (Å²) in [6.07, 6.45) is 5.37. The van der Waals surface area contributed by atoms with Crippen molar-refractivity contribution in [1.82, 2.24) is 25.1 Å². The van der Waals surface area contributed by atoms with E-state index in [1.165, 1.54) is 0 Å². The number of rotatable bonds is 3. The Morgan fingerprint density at radius 1 is 1.10 bits per heavy atom. The molecule has 1 aliphatic rings. The molecule has 0 radical (unpaired) electrons. The van der Waals surface area contributed by atoms with Gasteiger partial charge in [-0.3, -0.25) is 9.59 Å². The third kappa shape index (κ3) is 3.26. The van der Waals surface area contributed by atoms with Crippen LogP contribution in [0.1, 0.15) is 47.7 Å². The van der Waals surface area contributed by atoms with Crippen molar-refractivity contribution in [3.8, 4) is 0 Å². The Morgan fingerprint density at radius 2 is 1.87 bits per heavy atom. The van der Waals surface area contributed by atoms with E-state index in [1.54, 1.807) is 6.33 Å². The Balaban J connectivity index is 1.27. The summed E-state index contributed by atoms with van der Waals surface area (Å²) in [7, 11) is 1.94. The highest BCUT2D eigenvalue weighted by molar-refractivity contribution is 5.97. The zero-order chi connectivity index (χ0) is 20.7. The molecule has 2 aromatic carbocycles. The van der Waals surface area contributed by atoms with Crippen molar-refractivity contribution < 1.29 is 4.79 Å². The Kier molecular flexibility index (Phi) is 4.58. The smallest absolute Gasteiger partial charge is 0.272 e. The minimum absolute atomic E-state index is 0.0568. The van der Waals surface area contributed by atoms with Crippen molar-refractivity contribution >= 4 is 27.7 Å². The predicted molar refractivity (Wildman–Crippen MR) is 116 cm³/mol. The zero-order valence-corrected chi connectivity index (χ0v) is 16.8. The molecule has 2 aromatic heterocycles. The average molecular weight is 401 g/mol. The quantitative estimate of drug-likeness (QED) is 0.551. The van der Waals surface area contributed by atoms with Crippen LogP contribution in [0.2, 0.25) is 0 Å². The monoisotopic (exact) mass is 401 g/mol. The molecule has 2 heterocycles. The van der Waals surface area contributed by atoms with Crippen molar-refractivity contribution in [2.75, 3.05) is 0 Å². The van der Waals surface area contributed by atoms with Gasteiger partial charge in [0, 0.05) is 30.0 Å². The molecular formula is C23H23N5O2. The number of aryl methyl sites for hydroxylation is 1. The maximum absolute atomic E-state index is 12.7. The third-order valence-corrected chi connectivity index (χ3v) is 6.16. The first-order valence-electron chi connectivity index (χ1n) is 10.3. The largest absolute Gasteiger partial charge is 0.349 e. The number of nitrogens with zero attached hydrogens (tertiary/aromatic N) is 3. The highest BCUT2D eigenvalue weighted by Crippen LogP contribution is 2.34. The minimum atomic E-state index is -0.153. The van der Waals surface area contributed by atoms with Gasteiger partial charge in [-0.05, 0) is 49.9 Å². The lowest BCUT2D eigenvalue weighted by molar-refractivity contribution is 0.0926. The number of benzene rings is 2. The van der Waals surface area contributed by atoms with Crippen LogP contribution in [-0.4, -0.2) is 31.7 Å². The number of nitrogens with one attached hydrogen (secondary N) is 2. The first-order valence-corrected chi connectivity index (χ1v) is 10.3. The van der Waals surface area contributed by atoms with Crippen LogP contribution in [0.25, 0.3) is 21.8 Å². The van der Waals surface area contributed by atoms with Gasteiger partial charge in [0.2, 0.25) is 0 Å². The molecule has 1 saturated carbocycles. The summed E-state index contributed by atoms with van der Waals surface area (Å²) in [5, 5.41) is 11.8. The molecule has 0 spiro atoms. The molecule has 0 atom stereocenters. The Hall–Kier alpha value is -3.48. The van der Waals surface area contributed by atoms with Gasteiger partial charge in [0.15, 0.2) is 0 Å². The zero-order valence-electron chi connectivity index (χ0n) is 16.8. The van der Waals surface area contributed by atoms with Gasteiger partial charge >= 0.3 is 0 Å². The molecular weight excluding hydrogens is 378 g/mol. The van der Waals surface area contributed by atoms with Gasteiger partial charge in [-0.1, -0.05) is 18.2 Å². The van der Waals surface area contributed by atoms with Crippen LogP contribution >= 0.6 is 0 Å². The molecule has 2 N–H and O–H groups in total. The molecule has 1 aliphatic carbocycles. The van der Waals surface area contributed by atoms with E-state index in [0.717, 1.165) is 47.8 Å². The maximum atomic E-state index is 12.7. The molecule has 30 heavy (non-hydrogen) atoms. The number of imidazole rings is 1. The van der Waals surface area contributed by atoms with Crippen molar-refractivity contribution in [2.45, 2.75) is 37.6 Å². The van der Waals surface area contributed by atoms with E-state index >= 15 is 0 Å². The van der Waals surface area contributed by atoms with E-state index in [2.05, 4.69) is 20.5 Å². The van der Waals surface area contributed by atoms with Gasteiger partial charge in [0.05, 0.1) is 28.4 Å². The van der Waals surface area contributed by atoms with Crippen LogP contribution in [0.4, 0.5) is 0 Å². The Labute approximate surface area is 173 Å². The molecule has 7 nitrogen and oxygen atoms in total. The van der Waals surface area contributed by atoms with Crippen LogP contribution in [0.15, 0.2) is 53.6 Å². The highest BCUT2D eigenvalue weighted by atomic mass is 16.1. The average Bonchev–Trinajstić information content (AvgIpc) is 3.15. The molecule has 0 unspecified atom stereocenters. The van der Waals surface area contributed by atoms with Gasteiger partial charge in [0.1, 0.15) is 0 Å². The van der Waals surface area contributed by atoms with Gasteiger partial charge in [-0.25, -0.2) is 10.1 Å². The predicted octanol–water partition coefficient (Wildman–Crippen LogP) is 3.27. The van der Waals surface area contributed by atoms with Crippen LogP contribution in [0.3, 0.4) is 0 Å². The lowest BCUT2D eigenvalue weighted by Crippen LogP contribution is -2.37. The standard InChI is InChI=1S/C23H23N5O2/c1-28-13-24-19-12-15(8-11-20(19)28)22(29)25-16-9-6-14(7-10-16)21-17-4-2-3-5-18(17)23(30)27-26-21/h2-5,8,11-14,16H,6-7,9-10H2,1H3,(H,25,29)(H,27,30). The van der Waals surface area contributed by atoms with E-state index in [-0.39, 0.29) is 23.4 Å². The summed E-state index contributed by atoms with van der Waals surface area (Å²) >= 11 is 0. The number of carbonyl (C=O) groups is 1. The summed E-state index contributed by atoms with van der Waals surface area (Å²) in [6.45, 7) is 0. The summed E-state index contributed by atoms with van der Waals surface area (Å²) in [6, 6.07) is 13.4. The lowest BCUT2D eigenvalue weighted by Gasteiger charge is -2.29. The molecule has 0 bridgehead atoms. The molecule has 1 fully saturated rings. The fourth-order valence-corrected chi connectivity index (χ4v) is 4.50. The maximum Gasteiger partial charge on any atom is 0.272 e. The second-order valence-electron chi connectivity index (χ2n) is 8.06. The molecule has 1 amide bonds. The van der Waals surface area contributed by atoms with E-state index in [4.69, 9.17) is 0 Å². The number of hydrogen-bond donors (Lipinski definition) is 2. The number of hydrogen-bond acceptors (Lipinski definition) is 4. The van der Waals surface area contributed by atoms with Gasteiger partial charge in [-0.2, -0.15) is 5.10 Å². The SMILES string of the molecule is Cn1cnc2cc(C(=O)NC3CCC(c4n[nH]c(=O)c5ccccc45)CC3)ccc21. The number of aromatic nitrogens is 4. The fourth-order valence-electron chi connectivity index (χ4n) is 4.50. The van der Waals surface area contributed by atoms with Crippen molar-refractivity contribution in [2.24, 2.45) is 7.05 Å². The second kappa shape index (κ2) is 7.40. The first-order chi connectivity index (χ1) is 14.6. The molecule has 152 valence electrons. The van der Waals surface area contributed by atoms with Crippen LogP contribution < -0.4 is 10.9 Å². The molecule has 4 aromatic rings. The molecule has 0 saturated heterocycles. The number of amides is 1. The topological polar surface area (TPSA) is 92.7 Å². The Bertz CT molecular complexity index is 1300. The van der Waals surface area contributed by atoms with Gasteiger partial charge in [-0.15, -0.1) is 0 Å². The second-order valence-corrected chi connectivity index (χ2v) is 8.06. The highest BCUT2D eigenvalue weighted by Gasteiger charge is 2.26. The molecule has 7 heteroatoms. The van der Waals surface area contributed by atoms with E-state index in [1.807, 2.05) is 54.1 Å². The number of H-pyrrole nitrogens is 1. The van der Waals surface area contributed by atoms with Crippen molar-refractivity contribution in [1.29, 1.82) is 0 Å². The van der Waals surface area contributed by atoms with E-state index in [9.17, 15) is 9.59 Å². The third-order valence-electron chi connectivity index (χ3n) is 6.16. The van der Waals surface area contributed by atoms with Crippen molar-refractivity contribution in [3.05, 3.63) is 70.4 Å². The number of fused-ring (bicyclic) bond motifs is 2. The summed E-state index contributed by atoms with van der Waals surface area (Å²) in [4.78, 5) is 29.1. The summed E-state index contributed by atoms with van der Waals surface area (Å²) in [5.41, 5.74) is 3.27. The first kappa shape index (κ1) is 18.5. The number of carbonyl (C=O) groups excluding carboxylic acids is 1. The van der Waals surface area contributed by atoms with Crippen LogP contribution in [0.5, 0.6) is 0 Å². The van der Waals surface area contributed by atoms with E-state index < -0.39 is 0 Å². The number of aromatic amines is 1. The molecule has 5 rings (SSSR count). The normalized spacial score (nSPS) is 19.2. The van der Waals surface area contributed by atoms with E-state index in [0.29, 0.717) is 10.9 Å². The molecule has 0 aliphatic heterocycles. The Morgan fingerprint density at radius 3 is 2.67 bits per heavy atom. The summed E-state index contributed by atoms with van der Waals surface area (Å²) in [5.74, 6) is 0.225. The lowest BCUT2D eigenvalue weighted by atomic mass is 9.82. The van der Waals surface area contributed by atoms with Crippen LogP contribution in [-0.2, 0) is 7.05 Å². The summed E-state index contributed by atoms with van der Waals surface area (Å²) < 4.78 is 1.94. The van der Waals surface area contributed by atoms with Crippen LogP contribution in [0, 0.1) is 0 Å². The fraction of sp³-hybridized carbons (Fsp3) is 0.304. The minimum Gasteiger partial charge on any atom is -0.349 e. The van der Waals surface area contributed by atoms with Gasteiger partial charge in [0.25, 0.3) is 11.5 Å².